The Labute approximate surface area is 133 Å². The van der Waals surface area contributed by atoms with Gasteiger partial charge < -0.3 is 5.32 Å². The second-order valence-electron chi connectivity index (χ2n) is 5.48. The van der Waals surface area contributed by atoms with E-state index in [-0.39, 0.29) is 0 Å². The SMILES string of the molecule is CCCc1ccc(NC(CCC)c2ccc(Cl)cc2)cc1. The fraction of sp³-hybridized carbons (Fsp3) is 0.368. The summed E-state index contributed by atoms with van der Waals surface area (Å²) in [5.74, 6) is 0. The van der Waals surface area contributed by atoms with Crippen molar-refractivity contribution < 1.29 is 0 Å². The van der Waals surface area contributed by atoms with E-state index in [1.165, 1.54) is 23.2 Å². The van der Waals surface area contributed by atoms with Crippen molar-refractivity contribution in [3.63, 3.8) is 0 Å². The molecule has 2 aromatic carbocycles. The van der Waals surface area contributed by atoms with Gasteiger partial charge in [-0.3, -0.25) is 0 Å². The first-order chi connectivity index (χ1) is 10.2. The molecule has 0 amide bonds. The molecule has 0 heterocycles. The molecule has 1 unspecified atom stereocenters. The molecular weight excluding hydrogens is 278 g/mol. The van der Waals surface area contributed by atoms with Gasteiger partial charge in [0.2, 0.25) is 0 Å². The smallest absolute Gasteiger partial charge is 0.0513 e. The normalized spacial score (nSPS) is 12.1. The summed E-state index contributed by atoms with van der Waals surface area (Å²) in [7, 11) is 0. The van der Waals surface area contributed by atoms with Gasteiger partial charge in [0.25, 0.3) is 0 Å². The van der Waals surface area contributed by atoms with E-state index in [0.29, 0.717) is 6.04 Å². The van der Waals surface area contributed by atoms with Crippen LogP contribution in [0.5, 0.6) is 0 Å². The van der Waals surface area contributed by atoms with E-state index in [1.807, 2.05) is 12.1 Å². The van der Waals surface area contributed by atoms with Gasteiger partial charge in [0, 0.05) is 10.7 Å². The third kappa shape index (κ3) is 4.78. The third-order valence-electron chi connectivity index (χ3n) is 3.68. The van der Waals surface area contributed by atoms with Crippen molar-refractivity contribution in [1.29, 1.82) is 0 Å². The minimum absolute atomic E-state index is 0.337. The maximum Gasteiger partial charge on any atom is 0.0513 e. The van der Waals surface area contributed by atoms with Crippen molar-refractivity contribution in [1.82, 2.24) is 0 Å². The summed E-state index contributed by atoms with van der Waals surface area (Å²) in [5.41, 5.74) is 3.88. The number of halogens is 1. The first-order valence-electron chi connectivity index (χ1n) is 7.84. The van der Waals surface area contributed by atoms with E-state index >= 15 is 0 Å². The largest absolute Gasteiger partial charge is 0.378 e. The van der Waals surface area contributed by atoms with E-state index in [2.05, 4.69) is 55.6 Å². The average Bonchev–Trinajstić information content (AvgIpc) is 2.50. The number of aryl methyl sites for hydroxylation is 1. The van der Waals surface area contributed by atoms with E-state index in [1.54, 1.807) is 0 Å². The first kappa shape index (κ1) is 15.9. The lowest BCUT2D eigenvalue weighted by atomic mass is 10.0. The molecule has 0 saturated carbocycles. The zero-order valence-electron chi connectivity index (χ0n) is 12.9. The molecule has 0 aromatic heterocycles. The number of benzene rings is 2. The monoisotopic (exact) mass is 301 g/mol. The maximum absolute atomic E-state index is 5.98. The number of nitrogens with one attached hydrogen (secondary N) is 1. The predicted octanol–water partition coefficient (Wildman–Crippen LogP) is 6.25. The summed E-state index contributed by atoms with van der Waals surface area (Å²) < 4.78 is 0. The number of rotatable bonds is 7. The summed E-state index contributed by atoms with van der Waals surface area (Å²) in [6.07, 6.45) is 4.60. The molecular formula is C19H24ClN. The summed E-state index contributed by atoms with van der Waals surface area (Å²) in [6.45, 7) is 4.43. The highest BCUT2D eigenvalue weighted by molar-refractivity contribution is 6.30. The van der Waals surface area contributed by atoms with Crippen LogP contribution in [0.4, 0.5) is 5.69 Å². The lowest BCUT2D eigenvalue weighted by Crippen LogP contribution is -2.10. The van der Waals surface area contributed by atoms with Gasteiger partial charge in [0.1, 0.15) is 0 Å². The standard InChI is InChI=1S/C19H24ClN/c1-3-5-15-7-13-18(14-8-15)21-19(6-4-2)16-9-11-17(20)12-10-16/h7-14,19,21H,3-6H2,1-2H3. The summed E-state index contributed by atoms with van der Waals surface area (Å²) in [6, 6.07) is 17.3. The van der Waals surface area contributed by atoms with Gasteiger partial charge in [0.05, 0.1) is 6.04 Å². The van der Waals surface area contributed by atoms with Crippen molar-refractivity contribution in [3.05, 3.63) is 64.7 Å². The Kier molecular flexibility index (Phi) is 6.13. The Morgan fingerprint density at radius 1 is 0.905 bits per heavy atom. The first-order valence-corrected chi connectivity index (χ1v) is 8.21. The molecule has 0 bridgehead atoms. The zero-order chi connectivity index (χ0) is 15.1. The van der Waals surface area contributed by atoms with Crippen LogP contribution in [0.3, 0.4) is 0 Å². The lowest BCUT2D eigenvalue weighted by Gasteiger charge is -2.20. The van der Waals surface area contributed by atoms with Crippen LogP contribution in [0.25, 0.3) is 0 Å². The fourth-order valence-electron chi connectivity index (χ4n) is 2.56. The molecule has 112 valence electrons. The molecule has 0 spiro atoms. The summed E-state index contributed by atoms with van der Waals surface area (Å²) in [5, 5.41) is 4.43. The molecule has 0 aliphatic heterocycles. The molecule has 0 saturated heterocycles. The van der Waals surface area contributed by atoms with Gasteiger partial charge in [-0.2, -0.15) is 0 Å². The Bertz CT molecular complexity index is 530. The van der Waals surface area contributed by atoms with Gasteiger partial charge >= 0.3 is 0 Å². The van der Waals surface area contributed by atoms with Crippen molar-refractivity contribution in [2.24, 2.45) is 0 Å². The average molecular weight is 302 g/mol. The van der Waals surface area contributed by atoms with Crippen LogP contribution < -0.4 is 5.32 Å². The second-order valence-corrected chi connectivity index (χ2v) is 5.92. The molecule has 0 aliphatic carbocycles. The number of hydrogen-bond acceptors (Lipinski definition) is 1. The quantitative estimate of drug-likeness (QED) is 0.637. The zero-order valence-corrected chi connectivity index (χ0v) is 13.7. The van der Waals surface area contributed by atoms with Crippen molar-refractivity contribution in [3.8, 4) is 0 Å². The maximum atomic E-state index is 5.98. The van der Waals surface area contributed by atoms with Crippen LogP contribution >= 0.6 is 11.6 Å². The van der Waals surface area contributed by atoms with Gasteiger partial charge in [-0.25, -0.2) is 0 Å². The molecule has 2 rings (SSSR count). The van der Waals surface area contributed by atoms with E-state index in [4.69, 9.17) is 11.6 Å². The van der Waals surface area contributed by atoms with Gasteiger partial charge in [0.15, 0.2) is 0 Å². The van der Waals surface area contributed by atoms with Crippen LogP contribution in [-0.2, 0) is 6.42 Å². The van der Waals surface area contributed by atoms with Crippen LogP contribution in [-0.4, -0.2) is 0 Å². The predicted molar refractivity (Wildman–Crippen MR) is 93.2 cm³/mol. The van der Waals surface area contributed by atoms with Crippen molar-refractivity contribution >= 4 is 17.3 Å². The van der Waals surface area contributed by atoms with Gasteiger partial charge in [-0.05, 0) is 48.2 Å². The topological polar surface area (TPSA) is 12.0 Å². The molecule has 2 aromatic rings. The summed E-state index contributed by atoms with van der Waals surface area (Å²) in [4.78, 5) is 0. The Balaban J connectivity index is 2.10. The van der Waals surface area contributed by atoms with E-state index < -0.39 is 0 Å². The van der Waals surface area contributed by atoms with E-state index in [0.717, 1.165) is 24.3 Å². The molecule has 1 nitrogen and oxygen atoms in total. The molecule has 1 atom stereocenters. The van der Waals surface area contributed by atoms with Crippen molar-refractivity contribution in [2.45, 2.75) is 45.6 Å². The Hall–Kier alpha value is -1.47. The lowest BCUT2D eigenvalue weighted by molar-refractivity contribution is 0.677. The van der Waals surface area contributed by atoms with Crippen LogP contribution in [0.1, 0.15) is 50.3 Å². The van der Waals surface area contributed by atoms with Gasteiger partial charge in [-0.15, -0.1) is 0 Å². The molecule has 0 fully saturated rings. The van der Waals surface area contributed by atoms with Crippen LogP contribution in [0, 0.1) is 0 Å². The molecule has 0 aliphatic rings. The second kappa shape index (κ2) is 8.09. The molecule has 21 heavy (non-hydrogen) atoms. The Morgan fingerprint density at radius 2 is 1.57 bits per heavy atom. The van der Waals surface area contributed by atoms with E-state index in [9.17, 15) is 0 Å². The highest BCUT2D eigenvalue weighted by Gasteiger charge is 2.10. The highest BCUT2D eigenvalue weighted by atomic mass is 35.5. The molecule has 1 N–H and O–H groups in total. The molecule has 0 radical (unpaired) electrons. The Morgan fingerprint density at radius 3 is 2.14 bits per heavy atom. The fourth-order valence-corrected chi connectivity index (χ4v) is 2.69. The summed E-state index contributed by atoms with van der Waals surface area (Å²) >= 11 is 5.98. The molecule has 2 heteroatoms. The van der Waals surface area contributed by atoms with Gasteiger partial charge in [-0.1, -0.05) is 62.6 Å². The van der Waals surface area contributed by atoms with Crippen LogP contribution in [0.15, 0.2) is 48.5 Å². The minimum atomic E-state index is 0.337. The highest BCUT2D eigenvalue weighted by Crippen LogP contribution is 2.25. The minimum Gasteiger partial charge on any atom is -0.378 e. The number of anilines is 1. The number of hydrogen-bond donors (Lipinski definition) is 1. The third-order valence-corrected chi connectivity index (χ3v) is 3.94. The van der Waals surface area contributed by atoms with Crippen molar-refractivity contribution in [2.75, 3.05) is 5.32 Å². The van der Waals surface area contributed by atoms with Crippen LogP contribution in [0.2, 0.25) is 5.02 Å².